The molecule has 0 unspecified atom stereocenters. The van der Waals surface area contributed by atoms with Crippen LogP contribution in [0.2, 0.25) is 0 Å². The van der Waals surface area contributed by atoms with Crippen LogP contribution in [0, 0.1) is 10.1 Å². The number of ether oxygens (including phenoxy) is 2. The van der Waals surface area contributed by atoms with Gasteiger partial charge >= 0.3 is 18.2 Å². The van der Waals surface area contributed by atoms with E-state index in [-0.39, 0.29) is 29.2 Å². The molecular formula is C26H31F3N4O7. The number of anilines is 1. The monoisotopic (exact) mass is 568 g/mol. The second kappa shape index (κ2) is 12.4. The van der Waals surface area contributed by atoms with Crippen LogP contribution in [0.25, 0.3) is 0 Å². The number of carboxylic acids is 1. The Hall–Kier alpha value is -4.07. The first-order chi connectivity index (χ1) is 18.8. The molecule has 40 heavy (non-hydrogen) atoms. The van der Waals surface area contributed by atoms with Crippen molar-refractivity contribution >= 4 is 23.4 Å². The Morgan fingerprint density at radius 3 is 2.40 bits per heavy atom. The van der Waals surface area contributed by atoms with Crippen molar-refractivity contribution < 1.29 is 42.3 Å². The highest BCUT2D eigenvalue weighted by Crippen LogP contribution is 2.49. The molecule has 3 N–H and O–H groups in total. The van der Waals surface area contributed by atoms with E-state index in [1.807, 2.05) is 6.07 Å². The number of nitro benzene ring substituents is 1. The molecular weight excluding hydrogens is 537 g/mol. The summed E-state index contributed by atoms with van der Waals surface area (Å²) in [5.74, 6) is -1.31. The van der Waals surface area contributed by atoms with Crippen molar-refractivity contribution in [2.45, 2.75) is 49.4 Å². The molecule has 2 aromatic rings. The third-order valence-corrected chi connectivity index (χ3v) is 7.38. The number of rotatable bonds is 6. The summed E-state index contributed by atoms with van der Waals surface area (Å²) in [5, 5.41) is 23.9. The number of alkyl halides is 3. The van der Waals surface area contributed by atoms with Gasteiger partial charge < -0.3 is 30.1 Å². The summed E-state index contributed by atoms with van der Waals surface area (Å²) in [6.07, 6.45) is -1.41. The van der Waals surface area contributed by atoms with Gasteiger partial charge in [0.25, 0.3) is 5.69 Å². The van der Waals surface area contributed by atoms with Crippen LogP contribution in [-0.2, 0) is 10.2 Å². The molecule has 2 aromatic carbocycles. The number of carbonyl (C=O) groups is 2. The van der Waals surface area contributed by atoms with E-state index in [1.165, 1.54) is 17.7 Å². The number of methoxy groups -OCH3 is 2. The van der Waals surface area contributed by atoms with Gasteiger partial charge in [-0.2, -0.15) is 13.2 Å². The zero-order chi connectivity index (χ0) is 29.7. The number of benzene rings is 2. The van der Waals surface area contributed by atoms with Crippen LogP contribution in [0.1, 0.15) is 31.2 Å². The van der Waals surface area contributed by atoms with Crippen molar-refractivity contribution in [3.05, 3.63) is 58.1 Å². The number of nitro groups is 1. The molecule has 4 rings (SSSR count). The summed E-state index contributed by atoms with van der Waals surface area (Å²) < 4.78 is 42.7. The predicted octanol–water partition coefficient (Wildman–Crippen LogP) is 4.56. The Morgan fingerprint density at radius 2 is 1.80 bits per heavy atom. The zero-order valence-electron chi connectivity index (χ0n) is 22.2. The summed E-state index contributed by atoms with van der Waals surface area (Å²) in [4.78, 5) is 34.4. The minimum Gasteiger partial charge on any atom is -0.493 e. The van der Waals surface area contributed by atoms with E-state index >= 15 is 0 Å². The average Bonchev–Trinajstić information content (AvgIpc) is 3.25. The Kier molecular flexibility index (Phi) is 9.45. The molecule has 3 atom stereocenters. The van der Waals surface area contributed by atoms with Gasteiger partial charge in [-0.3, -0.25) is 10.1 Å². The van der Waals surface area contributed by atoms with E-state index in [9.17, 15) is 28.1 Å². The van der Waals surface area contributed by atoms with E-state index in [2.05, 4.69) is 34.7 Å². The van der Waals surface area contributed by atoms with Crippen molar-refractivity contribution in [3.63, 3.8) is 0 Å². The fourth-order valence-corrected chi connectivity index (χ4v) is 5.44. The van der Waals surface area contributed by atoms with Gasteiger partial charge in [0.15, 0.2) is 11.5 Å². The van der Waals surface area contributed by atoms with E-state index in [4.69, 9.17) is 19.4 Å². The van der Waals surface area contributed by atoms with E-state index in [0.717, 1.165) is 38.0 Å². The Bertz CT molecular complexity index is 1240. The van der Waals surface area contributed by atoms with Crippen LogP contribution in [0.3, 0.4) is 0 Å². The third kappa shape index (κ3) is 6.92. The molecule has 1 saturated heterocycles. The van der Waals surface area contributed by atoms with Gasteiger partial charge in [0.1, 0.15) is 0 Å². The maximum absolute atomic E-state index is 12.6. The molecule has 1 aliphatic carbocycles. The van der Waals surface area contributed by atoms with Gasteiger partial charge in [-0.15, -0.1) is 0 Å². The van der Waals surface area contributed by atoms with Gasteiger partial charge in [0, 0.05) is 35.3 Å². The molecule has 14 heteroatoms. The molecule has 0 aromatic heterocycles. The standard InChI is InChI=1S/C24H30N4O5.C2HF3O2/c1-27-12-11-24(16-7-8-20(32-2)21(13-16)33-3)10-9-18(15-22(24)27)26-23(29)25-17-5-4-6-19(14-17)28(30)31;3-2(4,5)1(6)7/h4-8,13-14,18,22H,9-12,15H2,1-3H3,(H2,25,26,29);(H,6,7)/t18-,22+,24+;/m1./s1. The quantitative estimate of drug-likeness (QED) is 0.340. The first kappa shape index (κ1) is 30.5. The van der Waals surface area contributed by atoms with Gasteiger partial charge in [-0.25, -0.2) is 9.59 Å². The van der Waals surface area contributed by atoms with Gasteiger partial charge in [0.05, 0.1) is 19.1 Å². The molecule has 0 spiro atoms. The number of carboxylic acid groups (broad SMARTS) is 1. The van der Waals surface area contributed by atoms with Crippen molar-refractivity contribution in [3.8, 4) is 11.5 Å². The maximum Gasteiger partial charge on any atom is 0.490 e. The average molecular weight is 569 g/mol. The molecule has 2 aliphatic rings. The van der Waals surface area contributed by atoms with Crippen LogP contribution in [0.4, 0.5) is 29.3 Å². The normalized spacial score (nSPS) is 22.2. The number of hydrogen-bond acceptors (Lipinski definition) is 7. The first-order valence-electron chi connectivity index (χ1n) is 12.4. The number of amides is 2. The Morgan fingerprint density at radius 1 is 1.12 bits per heavy atom. The minimum atomic E-state index is -5.08. The van der Waals surface area contributed by atoms with Crippen molar-refractivity contribution in [1.29, 1.82) is 0 Å². The van der Waals surface area contributed by atoms with Crippen molar-refractivity contribution in [2.24, 2.45) is 0 Å². The predicted molar refractivity (Wildman–Crippen MR) is 139 cm³/mol. The highest BCUT2D eigenvalue weighted by Gasteiger charge is 2.50. The summed E-state index contributed by atoms with van der Waals surface area (Å²) in [7, 11) is 5.43. The molecule has 2 amide bonds. The van der Waals surface area contributed by atoms with Crippen LogP contribution in [0.5, 0.6) is 11.5 Å². The molecule has 1 aliphatic heterocycles. The molecule has 11 nitrogen and oxygen atoms in total. The number of nitrogens with zero attached hydrogens (tertiary/aromatic N) is 2. The van der Waals surface area contributed by atoms with Crippen LogP contribution < -0.4 is 20.1 Å². The third-order valence-electron chi connectivity index (χ3n) is 7.38. The second-order valence-electron chi connectivity index (χ2n) is 9.65. The largest absolute Gasteiger partial charge is 0.493 e. The number of likely N-dealkylation sites (N-methyl/N-ethyl adjacent to an activating group) is 1. The van der Waals surface area contributed by atoms with E-state index in [0.29, 0.717) is 11.4 Å². The highest BCUT2D eigenvalue weighted by molar-refractivity contribution is 5.89. The van der Waals surface area contributed by atoms with E-state index in [1.54, 1.807) is 26.4 Å². The molecule has 0 bridgehead atoms. The lowest BCUT2D eigenvalue weighted by atomic mass is 9.65. The van der Waals surface area contributed by atoms with Gasteiger partial charge in [-0.05, 0) is 63.0 Å². The fraction of sp³-hybridized carbons (Fsp3) is 0.462. The lowest BCUT2D eigenvalue weighted by molar-refractivity contribution is -0.384. The number of hydrogen-bond donors (Lipinski definition) is 3. The minimum absolute atomic E-state index is 0.00298. The first-order valence-corrected chi connectivity index (χ1v) is 12.4. The number of fused-ring (bicyclic) bond motifs is 1. The maximum atomic E-state index is 12.6. The molecule has 218 valence electrons. The summed E-state index contributed by atoms with van der Waals surface area (Å²) in [5.41, 5.74) is 1.59. The van der Waals surface area contributed by atoms with E-state index < -0.39 is 17.1 Å². The zero-order valence-corrected chi connectivity index (χ0v) is 22.2. The number of aliphatic carboxylic acids is 1. The van der Waals surface area contributed by atoms with Gasteiger partial charge in [-0.1, -0.05) is 12.1 Å². The SMILES string of the molecule is COc1ccc([C@@]23CC[C@@H](NC(=O)Nc4cccc([N+](=O)[O-])c4)C[C@@H]2N(C)CC3)cc1OC.O=C(O)C(F)(F)F. The van der Waals surface area contributed by atoms with Crippen LogP contribution in [-0.4, -0.2) is 73.0 Å². The second-order valence-corrected chi connectivity index (χ2v) is 9.65. The lowest BCUT2D eigenvalue weighted by Gasteiger charge is -2.45. The number of non-ortho nitro benzene ring substituents is 1. The number of urea groups is 1. The number of halogens is 3. The lowest BCUT2D eigenvalue weighted by Crippen LogP contribution is -2.52. The summed E-state index contributed by atoms with van der Waals surface area (Å²) >= 11 is 0. The molecule has 2 fully saturated rings. The summed E-state index contributed by atoms with van der Waals surface area (Å²) in [6, 6.07) is 12.1. The Labute approximate surface area is 228 Å². The molecule has 1 saturated carbocycles. The Balaban J connectivity index is 0.000000559. The molecule has 0 radical (unpaired) electrons. The highest BCUT2D eigenvalue weighted by atomic mass is 19.4. The number of carbonyl (C=O) groups excluding carboxylic acids is 1. The topological polar surface area (TPSA) is 143 Å². The van der Waals surface area contributed by atoms with Crippen LogP contribution in [0.15, 0.2) is 42.5 Å². The number of nitrogens with one attached hydrogen (secondary N) is 2. The summed E-state index contributed by atoms with van der Waals surface area (Å²) in [6.45, 7) is 0.992. The number of likely N-dealkylation sites (tertiary alicyclic amines) is 1. The molecule has 1 heterocycles. The fourth-order valence-electron chi connectivity index (χ4n) is 5.44. The van der Waals surface area contributed by atoms with Crippen LogP contribution >= 0.6 is 0 Å². The van der Waals surface area contributed by atoms with Gasteiger partial charge in [0.2, 0.25) is 0 Å². The van der Waals surface area contributed by atoms with Crippen molar-refractivity contribution in [2.75, 3.05) is 33.1 Å². The smallest absolute Gasteiger partial charge is 0.490 e. The van der Waals surface area contributed by atoms with Crippen molar-refractivity contribution in [1.82, 2.24) is 10.2 Å².